The van der Waals surface area contributed by atoms with Gasteiger partial charge in [0.15, 0.2) is 11.5 Å². The number of rotatable bonds is 3. The zero-order valence-corrected chi connectivity index (χ0v) is 12.8. The van der Waals surface area contributed by atoms with Crippen molar-refractivity contribution in [2.45, 2.75) is 13.8 Å². The van der Waals surface area contributed by atoms with Crippen LogP contribution in [0.4, 0.5) is 5.69 Å². The Kier molecular flexibility index (Phi) is 4.35. The summed E-state index contributed by atoms with van der Waals surface area (Å²) in [6, 6.07) is 6.11. The number of anilines is 1. The van der Waals surface area contributed by atoms with Gasteiger partial charge in [-0.15, -0.1) is 0 Å². The Hall–Kier alpha value is -2.56. The summed E-state index contributed by atoms with van der Waals surface area (Å²) in [5.41, 5.74) is 2.67. The summed E-state index contributed by atoms with van der Waals surface area (Å²) >= 11 is 0. The van der Waals surface area contributed by atoms with Gasteiger partial charge >= 0.3 is 0 Å². The number of benzene rings is 2. The van der Waals surface area contributed by atoms with E-state index in [0.717, 1.165) is 5.46 Å². The molecule has 4 N–H and O–H groups in total. The maximum Gasteiger partial charge on any atom is 0.255 e. The molecule has 0 spiro atoms. The number of hydrogen-bond donors (Lipinski definition) is 4. The van der Waals surface area contributed by atoms with E-state index in [4.69, 9.17) is 0 Å². The van der Waals surface area contributed by atoms with Crippen LogP contribution in [0, 0.1) is 13.8 Å². The number of hydrogen-bond acceptors (Lipinski definition) is 4. The molecule has 7 heteroatoms. The molecule has 0 aliphatic heterocycles. The summed E-state index contributed by atoms with van der Waals surface area (Å²) in [4.78, 5) is 12.3. The van der Waals surface area contributed by atoms with E-state index in [1.807, 2.05) is 7.74 Å². The Balaban J connectivity index is 2.31. The number of phenols is 3. The second kappa shape index (κ2) is 6.05. The van der Waals surface area contributed by atoms with Crippen LogP contribution in [-0.4, -0.2) is 36.1 Å². The molecule has 112 valence electrons. The molecule has 2 aromatic rings. The molecular formula is C15H17B2NO4. The van der Waals surface area contributed by atoms with Crippen molar-refractivity contribution in [3.8, 4) is 17.2 Å². The third-order valence-corrected chi connectivity index (χ3v) is 3.56. The highest BCUT2D eigenvalue weighted by atomic mass is 16.3. The van der Waals surface area contributed by atoms with Gasteiger partial charge in [-0.25, -0.2) is 0 Å². The highest BCUT2D eigenvalue weighted by Crippen LogP contribution is 2.30. The molecule has 2 aromatic carbocycles. The number of carbonyl (C=O) groups excluding carboxylic acids is 1. The van der Waals surface area contributed by atoms with Crippen LogP contribution in [0.1, 0.15) is 21.5 Å². The molecule has 22 heavy (non-hydrogen) atoms. The SMILES string of the molecule is BBc1cc(NC(=O)c2cc(C)c(O)c(O)c2)cc(C)c1O. The van der Waals surface area contributed by atoms with Crippen molar-refractivity contribution < 1.29 is 20.1 Å². The number of amides is 1. The molecule has 0 aliphatic rings. The fourth-order valence-electron chi connectivity index (χ4n) is 2.29. The van der Waals surface area contributed by atoms with Gasteiger partial charge in [0, 0.05) is 11.3 Å². The zero-order chi connectivity index (χ0) is 16.4. The first kappa shape index (κ1) is 15.8. The van der Waals surface area contributed by atoms with Gasteiger partial charge in [0.1, 0.15) is 12.9 Å². The fourth-order valence-corrected chi connectivity index (χ4v) is 2.29. The molecule has 0 saturated heterocycles. The van der Waals surface area contributed by atoms with Crippen molar-refractivity contribution >= 4 is 32.0 Å². The van der Waals surface area contributed by atoms with Gasteiger partial charge in [-0.3, -0.25) is 4.79 Å². The Morgan fingerprint density at radius 3 is 2.27 bits per heavy atom. The normalized spacial score (nSPS) is 10.3. The minimum Gasteiger partial charge on any atom is -0.508 e. The van der Waals surface area contributed by atoms with E-state index in [1.54, 1.807) is 26.0 Å². The minimum atomic E-state index is -0.398. The van der Waals surface area contributed by atoms with Crippen LogP contribution in [0.5, 0.6) is 17.2 Å². The van der Waals surface area contributed by atoms with Gasteiger partial charge in [0.25, 0.3) is 5.91 Å². The number of aromatic hydroxyl groups is 3. The predicted molar refractivity (Wildman–Crippen MR) is 90.6 cm³/mol. The molecule has 0 unspecified atom stereocenters. The van der Waals surface area contributed by atoms with E-state index < -0.39 is 5.91 Å². The lowest BCUT2D eigenvalue weighted by molar-refractivity contribution is 0.102. The van der Waals surface area contributed by atoms with Crippen molar-refractivity contribution in [1.29, 1.82) is 0 Å². The molecule has 0 aromatic heterocycles. The highest BCUT2D eigenvalue weighted by molar-refractivity contribution is 6.98. The van der Waals surface area contributed by atoms with E-state index in [9.17, 15) is 20.1 Å². The number of phenolic OH excluding ortho intramolecular Hbond substituents is 3. The van der Waals surface area contributed by atoms with Crippen molar-refractivity contribution in [3.63, 3.8) is 0 Å². The Morgan fingerprint density at radius 1 is 1.05 bits per heavy atom. The molecule has 0 aliphatic carbocycles. The van der Waals surface area contributed by atoms with Gasteiger partial charge in [-0.2, -0.15) is 0 Å². The summed E-state index contributed by atoms with van der Waals surface area (Å²) < 4.78 is 0. The quantitative estimate of drug-likeness (QED) is 0.372. The third-order valence-electron chi connectivity index (χ3n) is 3.56. The molecule has 0 radical (unpaired) electrons. The molecule has 0 heterocycles. The molecular weight excluding hydrogens is 280 g/mol. The van der Waals surface area contributed by atoms with Crippen LogP contribution in [-0.2, 0) is 0 Å². The van der Waals surface area contributed by atoms with Crippen LogP contribution in [0.25, 0.3) is 0 Å². The first-order valence-electron chi connectivity index (χ1n) is 7.00. The van der Waals surface area contributed by atoms with E-state index in [-0.39, 0.29) is 22.8 Å². The summed E-state index contributed by atoms with van der Waals surface area (Å²) in [6.07, 6.45) is 0. The average molecular weight is 297 g/mol. The highest BCUT2D eigenvalue weighted by Gasteiger charge is 2.13. The molecule has 2 rings (SSSR count). The first-order valence-corrected chi connectivity index (χ1v) is 7.00. The Labute approximate surface area is 130 Å². The third kappa shape index (κ3) is 3.03. The minimum absolute atomic E-state index is 0.231. The van der Waals surface area contributed by atoms with Gasteiger partial charge in [0.05, 0.1) is 7.74 Å². The maximum absolute atomic E-state index is 12.3. The van der Waals surface area contributed by atoms with Gasteiger partial charge in [-0.05, 0) is 49.2 Å². The summed E-state index contributed by atoms with van der Waals surface area (Å²) in [6.45, 7) is 3.37. The average Bonchev–Trinajstić information content (AvgIpc) is 2.47. The summed E-state index contributed by atoms with van der Waals surface area (Å²) in [5.74, 6) is -0.726. The lowest BCUT2D eigenvalue weighted by Crippen LogP contribution is -2.19. The Morgan fingerprint density at radius 2 is 1.68 bits per heavy atom. The standard InChI is InChI=1S/C15H17B2NO4/c1-7-3-9(5-12(19)14(7)21)15(22)18-10-4-8(2)13(20)11(6-10)17-16/h3-6,17,19-21H,16H2,1-2H3,(H,18,22). The van der Waals surface area contributed by atoms with Crippen molar-refractivity contribution in [3.05, 3.63) is 41.0 Å². The number of nitrogens with one attached hydrogen (secondary N) is 1. The summed E-state index contributed by atoms with van der Waals surface area (Å²) in [5, 5.41) is 31.8. The molecule has 0 saturated carbocycles. The monoisotopic (exact) mass is 297 g/mol. The second-order valence-corrected chi connectivity index (χ2v) is 5.27. The van der Waals surface area contributed by atoms with E-state index in [1.165, 1.54) is 12.1 Å². The van der Waals surface area contributed by atoms with E-state index in [2.05, 4.69) is 5.32 Å². The van der Waals surface area contributed by atoms with Crippen LogP contribution in [0.2, 0.25) is 0 Å². The molecule has 0 atom stereocenters. The molecule has 0 bridgehead atoms. The molecule has 0 fully saturated rings. The maximum atomic E-state index is 12.3. The van der Waals surface area contributed by atoms with Gasteiger partial charge in [0.2, 0.25) is 0 Å². The van der Waals surface area contributed by atoms with E-state index in [0.29, 0.717) is 24.0 Å². The smallest absolute Gasteiger partial charge is 0.255 e. The lowest BCUT2D eigenvalue weighted by atomic mass is 9.51. The molecule has 1 amide bonds. The first-order chi connectivity index (χ1) is 10.3. The lowest BCUT2D eigenvalue weighted by Gasteiger charge is -2.12. The van der Waals surface area contributed by atoms with Gasteiger partial charge in [-0.1, -0.05) is 5.46 Å². The van der Waals surface area contributed by atoms with Crippen LogP contribution < -0.4 is 10.8 Å². The van der Waals surface area contributed by atoms with Crippen LogP contribution >= 0.6 is 0 Å². The topological polar surface area (TPSA) is 89.8 Å². The van der Waals surface area contributed by atoms with Crippen molar-refractivity contribution in [2.24, 2.45) is 0 Å². The zero-order valence-electron chi connectivity index (χ0n) is 12.8. The van der Waals surface area contributed by atoms with Crippen molar-refractivity contribution in [1.82, 2.24) is 0 Å². The summed E-state index contributed by atoms with van der Waals surface area (Å²) in [7, 11) is 2.57. The predicted octanol–water partition coefficient (Wildman–Crippen LogP) is 0.282. The van der Waals surface area contributed by atoms with Crippen LogP contribution in [0.3, 0.4) is 0 Å². The molecule has 5 nitrogen and oxygen atoms in total. The van der Waals surface area contributed by atoms with Crippen LogP contribution in [0.15, 0.2) is 24.3 Å². The number of aryl methyl sites for hydroxylation is 2. The largest absolute Gasteiger partial charge is 0.508 e. The van der Waals surface area contributed by atoms with Crippen molar-refractivity contribution in [2.75, 3.05) is 5.32 Å². The fraction of sp³-hybridized carbons (Fsp3) is 0.133. The number of carbonyl (C=O) groups is 1. The second-order valence-electron chi connectivity index (χ2n) is 5.27. The van der Waals surface area contributed by atoms with Gasteiger partial charge < -0.3 is 20.6 Å². The Bertz CT molecular complexity index is 724. The van der Waals surface area contributed by atoms with E-state index >= 15 is 0 Å².